The van der Waals surface area contributed by atoms with E-state index in [1.165, 1.54) is 4.88 Å². The molecule has 1 aromatic heterocycles. The highest BCUT2D eigenvalue weighted by Gasteiger charge is 2.12. The zero-order valence-electron chi connectivity index (χ0n) is 11.8. The van der Waals surface area contributed by atoms with E-state index in [1.54, 1.807) is 25.6 Å². The molecule has 20 heavy (non-hydrogen) atoms. The molecule has 1 N–H and O–H groups in total. The monoisotopic (exact) mass is 311 g/mol. The summed E-state index contributed by atoms with van der Waals surface area (Å²) in [6, 6.07) is 9.93. The lowest BCUT2D eigenvalue weighted by molar-refractivity contribution is 0.391. The molecule has 1 atom stereocenters. The average Bonchev–Trinajstić information content (AvgIpc) is 2.89. The molecule has 0 saturated heterocycles. The first kappa shape index (κ1) is 15.2. The van der Waals surface area contributed by atoms with Gasteiger partial charge in [0.15, 0.2) is 0 Å². The minimum absolute atomic E-state index is 0.154. The third-order valence-corrected chi connectivity index (χ3v) is 4.35. The molecule has 0 amide bonds. The molecule has 1 heterocycles. The van der Waals surface area contributed by atoms with Crippen molar-refractivity contribution in [1.82, 2.24) is 5.32 Å². The van der Waals surface area contributed by atoms with Gasteiger partial charge in [-0.05, 0) is 37.3 Å². The summed E-state index contributed by atoms with van der Waals surface area (Å²) >= 11 is 7.52. The zero-order valence-corrected chi connectivity index (χ0v) is 13.3. The molecule has 2 rings (SSSR count). The number of thiophene rings is 1. The van der Waals surface area contributed by atoms with Crippen LogP contribution >= 0.6 is 22.9 Å². The van der Waals surface area contributed by atoms with Crippen LogP contribution in [0.4, 0.5) is 0 Å². The second kappa shape index (κ2) is 6.97. The average molecular weight is 312 g/mol. The van der Waals surface area contributed by atoms with Crippen LogP contribution in [0.25, 0.3) is 0 Å². The molecule has 0 aliphatic rings. The lowest BCUT2D eigenvalue weighted by Crippen LogP contribution is -2.18. The summed E-state index contributed by atoms with van der Waals surface area (Å²) in [6.45, 7) is 2.88. The van der Waals surface area contributed by atoms with E-state index in [0.717, 1.165) is 27.9 Å². The molecular formula is C15H18ClNO2S. The van der Waals surface area contributed by atoms with E-state index < -0.39 is 0 Å². The van der Waals surface area contributed by atoms with Gasteiger partial charge in [-0.25, -0.2) is 0 Å². The second-order valence-corrected chi connectivity index (χ2v) is 6.22. The van der Waals surface area contributed by atoms with Gasteiger partial charge in [-0.2, -0.15) is 0 Å². The fourth-order valence-electron chi connectivity index (χ4n) is 1.99. The van der Waals surface area contributed by atoms with Gasteiger partial charge in [-0.3, -0.25) is 0 Å². The summed E-state index contributed by atoms with van der Waals surface area (Å²) in [7, 11) is 3.34. The van der Waals surface area contributed by atoms with E-state index in [0.29, 0.717) is 0 Å². The van der Waals surface area contributed by atoms with Gasteiger partial charge < -0.3 is 14.8 Å². The maximum absolute atomic E-state index is 5.93. The van der Waals surface area contributed by atoms with E-state index in [2.05, 4.69) is 12.2 Å². The van der Waals surface area contributed by atoms with Gasteiger partial charge in [-0.15, -0.1) is 11.3 Å². The van der Waals surface area contributed by atoms with E-state index >= 15 is 0 Å². The van der Waals surface area contributed by atoms with Crippen LogP contribution in [0.2, 0.25) is 4.34 Å². The Morgan fingerprint density at radius 3 is 2.60 bits per heavy atom. The minimum atomic E-state index is 0.154. The second-order valence-electron chi connectivity index (χ2n) is 4.42. The van der Waals surface area contributed by atoms with Gasteiger partial charge >= 0.3 is 0 Å². The SMILES string of the molecule is COc1ccc(OC)c(C(C)NCc2ccc(Cl)s2)c1. The number of benzene rings is 1. The molecule has 0 aliphatic heterocycles. The number of hydrogen-bond acceptors (Lipinski definition) is 4. The molecule has 0 radical (unpaired) electrons. The van der Waals surface area contributed by atoms with E-state index in [4.69, 9.17) is 21.1 Å². The molecule has 2 aromatic rings. The standard InChI is InChI=1S/C15H18ClNO2S/c1-10(17-9-12-5-7-15(16)20-12)13-8-11(18-2)4-6-14(13)19-3/h4-8,10,17H,9H2,1-3H3. The Labute approximate surface area is 128 Å². The molecule has 0 aliphatic carbocycles. The van der Waals surface area contributed by atoms with E-state index in [9.17, 15) is 0 Å². The van der Waals surface area contributed by atoms with Crippen LogP contribution in [-0.4, -0.2) is 14.2 Å². The van der Waals surface area contributed by atoms with Gasteiger partial charge in [0.05, 0.1) is 18.6 Å². The number of rotatable bonds is 6. The smallest absolute Gasteiger partial charge is 0.123 e. The molecule has 1 unspecified atom stereocenters. The number of methoxy groups -OCH3 is 2. The molecule has 0 spiro atoms. The Balaban J connectivity index is 2.09. The summed E-state index contributed by atoms with van der Waals surface area (Å²) in [6.07, 6.45) is 0. The Bertz CT molecular complexity index is 571. The summed E-state index contributed by atoms with van der Waals surface area (Å²) in [5.74, 6) is 1.68. The van der Waals surface area contributed by atoms with Gasteiger partial charge in [-0.1, -0.05) is 11.6 Å². The number of ether oxygens (including phenoxy) is 2. The zero-order chi connectivity index (χ0) is 14.5. The molecule has 1 aromatic carbocycles. The van der Waals surface area contributed by atoms with Gasteiger partial charge in [0, 0.05) is 23.0 Å². The molecule has 0 bridgehead atoms. The fourth-order valence-corrected chi connectivity index (χ4v) is 3.03. The summed E-state index contributed by atoms with van der Waals surface area (Å²) in [5, 5.41) is 3.47. The van der Waals surface area contributed by atoms with E-state index in [1.807, 2.05) is 30.3 Å². The number of halogens is 1. The van der Waals surface area contributed by atoms with Crippen LogP contribution in [0.1, 0.15) is 23.4 Å². The van der Waals surface area contributed by atoms with Crippen molar-refractivity contribution in [3.63, 3.8) is 0 Å². The van der Waals surface area contributed by atoms with Gasteiger partial charge in [0.1, 0.15) is 11.5 Å². The van der Waals surface area contributed by atoms with Crippen molar-refractivity contribution in [1.29, 1.82) is 0 Å². The Hall–Kier alpha value is -1.23. The summed E-state index contributed by atoms with van der Waals surface area (Å²) in [4.78, 5) is 1.21. The van der Waals surface area contributed by atoms with Crippen LogP contribution in [0, 0.1) is 0 Å². The van der Waals surface area contributed by atoms with Crippen LogP contribution in [0.3, 0.4) is 0 Å². The molecule has 0 fully saturated rings. The summed E-state index contributed by atoms with van der Waals surface area (Å²) < 4.78 is 11.5. The van der Waals surface area contributed by atoms with Crippen molar-refractivity contribution in [2.45, 2.75) is 19.5 Å². The lowest BCUT2D eigenvalue weighted by atomic mass is 10.1. The van der Waals surface area contributed by atoms with E-state index in [-0.39, 0.29) is 6.04 Å². The van der Waals surface area contributed by atoms with Crippen molar-refractivity contribution in [2.75, 3.05) is 14.2 Å². The molecule has 108 valence electrons. The fraction of sp³-hybridized carbons (Fsp3) is 0.333. The Morgan fingerprint density at radius 2 is 2.00 bits per heavy atom. The molecule has 0 saturated carbocycles. The first-order chi connectivity index (χ1) is 9.63. The van der Waals surface area contributed by atoms with Crippen molar-refractivity contribution < 1.29 is 9.47 Å². The lowest BCUT2D eigenvalue weighted by Gasteiger charge is -2.18. The van der Waals surface area contributed by atoms with Gasteiger partial charge in [0.25, 0.3) is 0 Å². The maximum atomic E-state index is 5.93. The van der Waals surface area contributed by atoms with Crippen LogP contribution < -0.4 is 14.8 Å². The largest absolute Gasteiger partial charge is 0.497 e. The molecular weight excluding hydrogens is 294 g/mol. The number of hydrogen-bond donors (Lipinski definition) is 1. The van der Waals surface area contributed by atoms with Crippen LogP contribution in [-0.2, 0) is 6.54 Å². The van der Waals surface area contributed by atoms with Crippen molar-refractivity contribution in [2.24, 2.45) is 0 Å². The Kier molecular flexibility index (Phi) is 5.29. The highest BCUT2D eigenvalue weighted by Crippen LogP contribution is 2.30. The summed E-state index contributed by atoms with van der Waals surface area (Å²) in [5.41, 5.74) is 1.08. The first-order valence-electron chi connectivity index (χ1n) is 6.33. The Morgan fingerprint density at radius 1 is 1.20 bits per heavy atom. The highest BCUT2D eigenvalue weighted by molar-refractivity contribution is 7.16. The topological polar surface area (TPSA) is 30.5 Å². The van der Waals surface area contributed by atoms with Crippen molar-refractivity contribution in [3.05, 3.63) is 45.1 Å². The molecule has 5 heteroatoms. The highest BCUT2D eigenvalue weighted by atomic mass is 35.5. The van der Waals surface area contributed by atoms with Gasteiger partial charge in [0.2, 0.25) is 0 Å². The predicted molar refractivity (Wildman–Crippen MR) is 84.1 cm³/mol. The van der Waals surface area contributed by atoms with Crippen molar-refractivity contribution in [3.8, 4) is 11.5 Å². The molecule has 3 nitrogen and oxygen atoms in total. The quantitative estimate of drug-likeness (QED) is 0.864. The van der Waals surface area contributed by atoms with Crippen LogP contribution in [0.5, 0.6) is 11.5 Å². The minimum Gasteiger partial charge on any atom is -0.497 e. The predicted octanol–water partition coefficient (Wildman–Crippen LogP) is 4.27. The number of nitrogens with one attached hydrogen (secondary N) is 1. The third kappa shape index (κ3) is 3.66. The first-order valence-corrected chi connectivity index (χ1v) is 7.53. The van der Waals surface area contributed by atoms with Crippen molar-refractivity contribution >= 4 is 22.9 Å². The maximum Gasteiger partial charge on any atom is 0.123 e. The van der Waals surface area contributed by atoms with Crippen LogP contribution in [0.15, 0.2) is 30.3 Å². The normalized spacial score (nSPS) is 12.2. The third-order valence-electron chi connectivity index (χ3n) is 3.11.